The SMILES string of the molecule is C#CC1CC(=O)C(C)C1C. The van der Waals surface area contributed by atoms with Crippen molar-refractivity contribution in [1.29, 1.82) is 0 Å². The molecule has 54 valence electrons. The zero-order valence-electron chi connectivity index (χ0n) is 6.42. The number of carbonyl (C=O) groups is 1. The summed E-state index contributed by atoms with van der Waals surface area (Å²) in [5.41, 5.74) is 0. The number of rotatable bonds is 0. The van der Waals surface area contributed by atoms with Gasteiger partial charge in [0.25, 0.3) is 0 Å². The highest BCUT2D eigenvalue weighted by atomic mass is 16.1. The summed E-state index contributed by atoms with van der Waals surface area (Å²) in [4.78, 5) is 11.1. The van der Waals surface area contributed by atoms with Gasteiger partial charge in [-0.15, -0.1) is 12.3 Å². The maximum atomic E-state index is 11.1. The van der Waals surface area contributed by atoms with Gasteiger partial charge < -0.3 is 0 Å². The van der Waals surface area contributed by atoms with Gasteiger partial charge in [0.1, 0.15) is 5.78 Å². The van der Waals surface area contributed by atoms with Gasteiger partial charge in [0.2, 0.25) is 0 Å². The van der Waals surface area contributed by atoms with Gasteiger partial charge in [0, 0.05) is 18.3 Å². The van der Waals surface area contributed by atoms with Crippen LogP contribution < -0.4 is 0 Å². The van der Waals surface area contributed by atoms with E-state index in [2.05, 4.69) is 12.8 Å². The maximum absolute atomic E-state index is 11.1. The van der Waals surface area contributed by atoms with Crippen molar-refractivity contribution in [1.82, 2.24) is 0 Å². The Hall–Kier alpha value is -0.770. The van der Waals surface area contributed by atoms with E-state index in [4.69, 9.17) is 6.42 Å². The second-order valence-electron chi connectivity index (χ2n) is 3.09. The molecule has 0 bridgehead atoms. The first kappa shape index (κ1) is 7.34. The summed E-state index contributed by atoms with van der Waals surface area (Å²) in [5, 5.41) is 0. The van der Waals surface area contributed by atoms with Crippen molar-refractivity contribution in [3.63, 3.8) is 0 Å². The number of Topliss-reactive ketones (excluding diaryl/α,β-unsaturated/α-hetero) is 1. The fourth-order valence-electron chi connectivity index (χ4n) is 1.44. The first-order valence-electron chi connectivity index (χ1n) is 3.65. The average Bonchev–Trinajstić information content (AvgIpc) is 2.17. The van der Waals surface area contributed by atoms with E-state index in [1.165, 1.54) is 0 Å². The van der Waals surface area contributed by atoms with Crippen molar-refractivity contribution in [2.45, 2.75) is 20.3 Å². The monoisotopic (exact) mass is 136 g/mol. The lowest BCUT2D eigenvalue weighted by molar-refractivity contribution is -0.120. The third kappa shape index (κ3) is 0.945. The Labute approximate surface area is 61.8 Å². The summed E-state index contributed by atoms with van der Waals surface area (Å²) in [6.07, 6.45) is 5.84. The van der Waals surface area contributed by atoms with Gasteiger partial charge in [-0.25, -0.2) is 0 Å². The van der Waals surface area contributed by atoms with E-state index in [0.717, 1.165) is 0 Å². The Morgan fingerprint density at radius 1 is 1.60 bits per heavy atom. The number of hydrogen-bond acceptors (Lipinski definition) is 1. The minimum Gasteiger partial charge on any atom is -0.299 e. The molecule has 1 rings (SSSR count). The Morgan fingerprint density at radius 3 is 2.40 bits per heavy atom. The molecule has 1 heteroatoms. The van der Waals surface area contributed by atoms with E-state index >= 15 is 0 Å². The molecule has 1 aliphatic carbocycles. The van der Waals surface area contributed by atoms with Crippen molar-refractivity contribution < 1.29 is 4.79 Å². The zero-order chi connectivity index (χ0) is 7.72. The van der Waals surface area contributed by atoms with Crippen molar-refractivity contribution in [3.8, 4) is 12.3 Å². The third-order valence-corrected chi connectivity index (χ3v) is 2.57. The molecule has 3 unspecified atom stereocenters. The molecule has 0 radical (unpaired) electrons. The molecule has 10 heavy (non-hydrogen) atoms. The Bertz CT molecular complexity index is 187. The lowest BCUT2D eigenvalue weighted by Gasteiger charge is -2.09. The summed E-state index contributed by atoms with van der Waals surface area (Å²) >= 11 is 0. The van der Waals surface area contributed by atoms with Crippen molar-refractivity contribution in [3.05, 3.63) is 0 Å². The van der Waals surface area contributed by atoms with Gasteiger partial charge in [-0.1, -0.05) is 13.8 Å². The standard InChI is InChI=1S/C9H12O/c1-4-8-5-9(10)7(3)6(8)2/h1,6-8H,5H2,2-3H3. The van der Waals surface area contributed by atoms with Gasteiger partial charge in [-0.2, -0.15) is 0 Å². The maximum Gasteiger partial charge on any atom is 0.137 e. The first-order valence-corrected chi connectivity index (χ1v) is 3.65. The van der Waals surface area contributed by atoms with E-state index < -0.39 is 0 Å². The van der Waals surface area contributed by atoms with Crippen LogP contribution in [-0.4, -0.2) is 5.78 Å². The van der Waals surface area contributed by atoms with Gasteiger partial charge in [0.05, 0.1) is 0 Å². The number of ketones is 1. The number of hydrogen-bond donors (Lipinski definition) is 0. The normalized spacial score (nSPS) is 39.7. The van der Waals surface area contributed by atoms with Crippen LogP contribution in [0, 0.1) is 30.1 Å². The van der Waals surface area contributed by atoms with E-state index in [0.29, 0.717) is 18.1 Å². The second kappa shape index (κ2) is 2.46. The topological polar surface area (TPSA) is 17.1 Å². The number of terminal acetylenes is 1. The quantitative estimate of drug-likeness (QED) is 0.461. The molecule has 0 saturated heterocycles. The summed E-state index contributed by atoms with van der Waals surface area (Å²) in [5.74, 6) is 3.75. The van der Waals surface area contributed by atoms with E-state index in [1.54, 1.807) is 0 Å². The van der Waals surface area contributed by atoms with Gasteiger partial charge in [0.15, 0.2) is 0 Å². The molecule has 1 fully saturated rings. The van der Waals surface area contributed by atoms with Gasteiger partial charge in [-0.3, -0.25) is 4.79 Å². The van der Waals surface area contributed by atoms with Crippen LogP contribution >= 0.6 is 0 Å². The second-order valence-corrected chi connectivity index (χ2v) is 3.09. The summed E-state index contributed by atoms with van der Waals surface area (Å²) in [6, 6.07) is 0. The summed E-state index contributed by atoms with van der Waals surface area (Å²) in [6.45, 7) is 4.02. The van der Waals surface area contributed by atoms with Gasteiger partial charge >= 0.3 is 0 Å². The largest absolute Gasteiger partial charge is 0.299 e. The van der Waals surface area contributed by atoms with Crippen LogP contribution in [0.2, 0.25) is 0 Å². The molecular formula is C9H12O. The van der Waals surface area contributed by atoms with Crippen LogP contribution in [0.1, 0.15) is 20.3 Å². The molecule has 0 N–H and O–H groups in total. The Balaban J connectivity index is 2.73. The van der Waals surface area contributed by atoms with Crippen LogP contribution in [-0.2, 0) is 4.79 Å². The minimum absolute atomic E-state index is 0.182. The molecular weight excluding hydrogens is 124 g/mol. The predicted molar refractivity (Wildman–Crippen MR) is 40.3 cm³/mol. The summed E-state index contributed by atoms with van der Waals surface area (Å²) < 4.78 is 0. The smallest absolute Gasteiger partial charge is 0.137 e. The lowest BCUT2D eigenvalue weighted by Crippen LogP contribution is -2.09. The molecule has 0 aromatic heterocycles. The van der Waals surface area contributed by atoms with Crippen LogP contribution in [0.5, 0.6) is 0 Å². The lowest BCUT2D eigenvalue weighted by atomic mass is 9.93. The molecule has 0 spiro atoms. The summed E-state index contributed by atoms with van der Waals surface area (Å²) in [7, 11) is 0. The molecule has 0 aliphatic heterocycles. The molecule has 0 aromatic carbocycles. The van der Waals surface area contributed by atoms with Crippen LogP contribution in [0.3, 0.4) is 0 Å². The van der Waals surface area contributed by atoms with Crippen LogP contribution in [0.4, 0.5) is 0 Å². The van der Waals surface area contributed by atoms with E-state index in [-0.39, 0.29) is 11.8 Å². The van der Waals surface area contributed by atoms with Gasteiger partial charge in [-0.05, 0) is 5.92 Å². The molecule has 3 atom stereocenters. The van der Waals surface area contributed by atoms with Crippen LogP contribution in [0.25, 0.3) is 0 Å². The van der Waals surface area contributed by atoms with Crippen molar-refractivity contribution in [2.24, 2.45) is 17.8 Å². The average molecular weight is 136 g/mol. The highest BCUT2D eigenvalue weighted by molar-refractivity contribution is 5.83. The zero-order valence-corrected chi connectivity index (χ0v) is 6.42. The van der Waals surface area contributed by atoms with Crippen molar-refractivity contribution >= 4 is 5.78 Å². The molecule has 0 heterocycles. The highest BCUT2D eigenvalue weighted by Crippen LogP contribution is 2.32. The third-order valence-electron chi connectivity index (χ3n) is 2.57. The van der Waals surface area contributed by atoms with E-state index in [1.807, 2.05) is 6.92 Å². The Morgan fingerprint density at radius 2 is 2.20 bits per heavy atom. The molecule has 1 nitrogen and oxygen atoms in total. The fourth-order valence-corrected chi connectivity index (χ4v) is 1.44. The number of carbonyl (C=O) groups excluding carboxylic acids is 1. The minimum atomic E-state index is 0.182. The molecule has 0 amide bonds. The predicted octanol–water partition coefficient (Wildman–Crippen LogP) is 1.48. The molecule has 0 aromatic rings. The van der Waals surface area contributed by atoms with E-state index in [9.17, 15) is 4.79 Å². The van der Waals surface area contributed by atoms with Crippen molar-refractivity contribution in [2.75, 3.05) is 0 Å². The molecule has 1 aliphatic rings. The highest BCUT2D eigenvalue weighted by Gasteiger charge is 2.35. The van der Waals surface area contributed by atoms with Crippen LogP contribution in [0.15, 0.2) is 0 Å². The first-order chi connectivity index (χ1) is 4.66. The Kier molecular flexibility index (Phi) is 1.80. The molecule has 1 saturated carbocycles. The fraction of sp³-hybridized carbons (Fsp3) is 0.667.